The summed E-state index contributed by atoms with van der Waals surface area (Å²) in [7, 11) is 1.67. The number of thioether (sulfide) groups is 1. The van der Waals surface area contributed by atoms with Crippen LogP contribution in [0.15, 0.2) is 47.6 Å². The quantitative estimate of drug-likeness (QED) is 0.571. The maximum atomic E-state index is 13.9. The topological polar surface area (TPSA) is 52.4 Å². The summed E-state index contributed by atoms with van der Waals surface area (Å²) >= 11 is 1.55. The number of benzene rings is 2. The highest BCUT2D eigenvalue weighted by molar-refractivity contribution is 7.98. The summed E-state index contributed by atoms with van der Waals surface area (Å²) in [6, 6.07) is 12.6. The van der Waals surface area contributed by atoms with E-state index in [4.69, 9.17) is 9.47 Å². The zero-order valence-corrected chi connectivity index (χ0v) is 17.3. The molecule has 0 saturated carbocycles. The van der Waals surface area contributed by atoms with Crippen molar-refractivity contribution in [3.63, 3.8) is 0 Å². The number of morpholine rings is 1. The zero-order chi connectivity index (χ0) is 20.2. The van der Waals surface area contributed by atoms with E-state index in [2.05, 4.69) is 28.1 Å². The van der Waals surface area contributed by atoms with Gasteiger partial charge in [-0.25, -0.2) is 4.39 Å². The number of anilines is 1. The highest BCUT2D eigenvalue weighted by Gasteiger charge is 2.22. The lowest BCUT2D eigenvalue weighted by Gasteiger charge is -2.27. The van der Waals surface area contributed by atoms with Gasteiger partial charge in [-0.15, -0.1) is 10.2 Å². The number of aromatic nitrogens is 3. The molecule has 0 radical (unpaired) electrons. The van der Waals surface area contributed by atoms with Gasteiger partial charge in [0.15, 0.2) is 5.16 Å². The van der Waals surface area contributed by atoms with Crippen LogP contribution in [-0.2, 0) is 10.5 Å². The second-order valence-electron chi connectivity index (χ2n) is 6.80. The molecule has 1 aliphatic rings. The summed E-state index contributed by atoms with van der Waals surface area (Å²) in [6.45, 7) is 4.78. The molecule has 0 atom stereocenters. The normalized spacial score (nSPS) is 14.2. The molecular formula is C21H23FN4O2S. The van der Waals surface area contributed by atoms with E-state index in [1.54, 1.807) is 24.9 Å². The van der Waals surface area contributed by atoms with E-state index in [-0.39, 0.29) is 5.82 Å². The van der Waals surface area contributed by atoms with Crippen LogP contribution in [0.2, 0.25) is 0 Å². The number of hydrogen-bond acceptors (Lipinski definition) is 6. The Morgan fingerprint density at radius 1 is 1.14 bits per heavy atom. The molecule has 29 heavy (non-hydrogen) atoms. The Morgan fingerprint density at radius 2 is 1.97 bits per heavy atom. The summed E-state index contributed by atoms with van der Waals surface area (Å²) in [4.78, 5) is 2.12. The lowest BCUT2D eigenvalue weighted by molar-refractivity contribution is 0.122. The van der Waals surface area contributed by atoms with Crippen molar-refractivity contribution in [3.8, 4) is 11.4 Å². The summed E-state index contributed by atoms with van der Waals surface area (Å²) in [5.41, 5.74) is 2.96. The van der Waals surface area contributed by atoms with E-state index in [1.807, 2.05) is 22.8 Å². The van der Waals surface area contributed by atoms with Crippen LogP contribution in [-0.4, -0.2) is 48.2 Å². The van der Waals surface area contributed by atoms with Gasteiger partial charge in [0, 0.05) is 24.4 Å². The van der Waals surface area contributed by atoms with Crippen molar-refractivity contribution in [2.45, 2.75) is 17.8 Å². The van der Waals surface area contributed by atoms with Gasteiger partial charge in [-0.3, -0.25) is 4.57 Å². The first-order chi connectivity index (χ1) is 14.2. The van der Waals surface area contributed by atoms with Crippen LogP contribution in [0.25, 0.3) is 5.69 Å². The van der Waals surface area contributed by atoms with E-state index in [0.29, 0.717) is 35.8 Å². The fourth-order valence-corrected chi connectivity index (χ4v) is 4.25. The van der Waals surface area contributed by atoms with Crippen LogP contribution in [0.3, 0.4) is 0 Å². The van der Waals surface area contributed by atoms with Gasteiger partial charge in [0.25, 0.3) is 0 Å². The SMILES string of the molecule is COc1ccc(C)cc1CSc1nnc(N2CCOCC2)n1-c1cccc(F)c1. The van der Waals surface area contributed by atoms with Crippen LogP contribution in [0.1, 0.15) is 11.1 Å². The van der Waals surface area contributed by atoms with Gasteiger partial charge in [0.2, 0.25) is 5.95 Å². The minimum Gasteiger partial charge on any atom is -0.496 e. The van der Waals surface area contributed by atoms with Crippen molar-refractivity contribution in [1.29, 1.82) is 0 Å². The second-order valence-corrected chi connectivity index (χ2v) is 7.74. The monoisotopic (exact) mass is 414 g/mol. The van der Waals surface area contributed by atoms with Crippen LogP contribution in [0.5, 0.6) is 5.75 Å². The third kappa shape index (κ3) is 4.38. The molecule has 152 valence electrons. The molecule has 0 spiro atoms. The highest BCUT2D eigenvalue weighted by Crippen LogP contribution is 2.32. The molecule has 0 bridgehead atoms. The summed E-state index contributed by atoms with van der Waals surface area (Å²) in [6.07, 6.45) is 0. The molecule has 1 aromatic heterocycles. The van der Waals surface area contributed by atoms with Crippen molar-refractivity contribution in [2.24, 2.45) is 0 Å². The number of methoxy groups -OCH3 is 1. The Balaban J connectivity index is 1.68. The number of nitrogens with zero attached hydrogens (tertiary/aromatic N) is 4. The van der Waals surface area contributed by atoms with Gasteiger partial charge in [0.05, 0.1) is 26.0 Å². The molecule has 1 fully saturated rings. The standard InChI is InChI=1S/C21H23FN4O2S/c1-15-6-7-19(27-2)16(12-15)14-29-21-24-23-20(25-8-10-28-11-9-25)26(21)18-5-3-4-17(22)13-18/h3-7,12-13H,8-11,14H2,1-2H3. The molecule has 6 nitrogen and oxygen atoms in total. The van der Waals surface area contributed by atoms with Crippen LogP contribution in [0.4, 0.5) is 10.3 Å². The van der Waals surface area contributed by atoms with E-state index in [9.17, 15) is 4.39 Å². The van der Waals surface area contributed by atoms with Gasteiger partial charge < -0.3 is 14.4 Å². The summed E-state index contributed by atoms with van der Waals surface area (Å²) < 4.78 is 26.8. The molecule has 0 unspecified atom stereocenters. The Morgan fingerprint density at radius 3 is 2.72 bits per heavy atom. The number of rotatable bonds is 6. The first-order valence-corrected chi connectivity index (χ1v) is 10.4. The molecule has 0 N–H and O–H groups in total. The van der Waals surface area contributed by atoms with Gasteiger partial charge in [-0.2, -0.15) is 0 Å². The summed E-state index contributed by atoms with van der Waals surface area (Å²) in [5.74, 6) is 1.92. The minimum atomic E-state index is -0.291. The molecule has 0 aliphatic carbocycles. The number of halogens is 1. The molecule has 3 aromatic rings. The Hall–Kier alpha value is -2.58. The first kappa shape index (κ1) is 19.7. The van der Waals surface area contributed by atoms with Crippen LogP contribution < -0.4 is 9.64 Å². The molecule has 0 amide bonds. The average molecular weight is 415 g/mol. The fraction of sp³-hybridized carbons (Fsp3) is 0.333. The minimum absolute atomic E-state index is 0.291. The molecule has 4 rings (SSSR count). The summed E-state index contributed by atoms with van der Waals surface area (Å²) in [5, 5.41) is 9.56. The first-order valence-electron chi connectivity index (χ1n) is 9.46. The number of aryl methyl sites for hydroxylation is 1. The van der Waals surface area contributed by atoms with Crippen molar-refractivity contribution in [2.75, 3.05) is 38.3 Å². The molecule has 8 heteroatoms. The van der Waals surface area contributed by atoms with Crippen molar-refractivity contribution < 1.29 is 13.9 Å². The fourth-order valence-electron chi connectivity index (χ4n) is 3.33. The van der Waals surface area contributed by atoms with Crippen molar-refractivity contribution >= 4 is 17.7 Å². The molecule has 2 heterocycles. The lowest BCUT2D eigenvalue weighted by Crippen LogP contribution is -2.37. The van der Waals surface area contributed by atoms with Gasteiger partial charge in [0.1, 0.15) is 11.6 Å². The second kappa shape index (κ2) is 8.84. The molecule has 1 saturated heterocycles. The van der Waals surface area contributed by atoms with E-state index in [1.165, 1.54) is 17.7 Å². The smallest absolute Gasteiger partial charge is 0.232 e. The molecular weight excluding hydrogens is 391 g/mol. The third-order valence-corrected chi connectivity index (χ3v) is 5.75. The zero-order valence-electron chi connectivity index (χ0n) is 16.5. The van der Waals surface area contributed by atoms with E-state index < -0.39 is 0 Å². The Bertz CT molecular complexity index is 989. The Labute approximate surface area is 173 Å². The third-order valence-electron chi connectivity index (χ3n) is 4.77. The molecule has 1 aliphatic heterocycles. The Kier molecular flexibility index (Phi) is 6.01. The van der Waals surface area contributed by atoms with E-state index >= 15 is 0 Å². The van der Waals surface area contributed by atoms with Crippen molar-refractivity contribution in [1.82, 2.24) is 14.8 Å². The van der Waals surface area contributed by atoms with Gasteiger partial charge in [-0.05, 0) is 31.2 Å². The van der Waals surface area contributed by atoms with Gasteiger partial charge in [-0.1, -0.05) is 35.5 Å². The maximum absolute atomic E-state index is 13.9. The van der Waals surface area contributed by atoms with Crippen LogP contribution in [0, 0.1) is 12.7 Å². The van der Waals surface area contributed by atoms with Gasteiger partial charge >= 0.3 is 0 Å². The predicted octanol–water partition coefficient (Wildman–Crippen LogP) is 3.85. The van der Waals surface area contributed by atoms with Crippen molar-refractivity contribution in [3.05, 3.63) is 59.4 Å². The number of ether oxygens (including phenoxy) is 2. The maximum Gasteiger partial charge on any atom is 0.232 e. The lowest BCUT2D eigenvalue weighted by atomic mass is 10.1. The van der Waals surface area contributed by atoms with E-state index in [0.717, 1.165) is 24.4 Å². The van der Waals surface area contributed by atoms with Crippen LogP contribution >= 0.6 is 11.8 Å². The largest absolute Gasteiger partial charge is 0.496 e. The molecule has 2 aromatic carbocycles. The average Bonchev–Trinajstić information content (AvgIpc) is 3.17. The highest BCUT2D eigenvalue weighted by atomic mass is 32.2. The number of hydrogen-bond donors (Lipinski definition) is 0. The predicted molar refractivity (Wildman–Crippen MR) is 112 cm³/mol.